The number of rotatable bonds is 10. The Labute approximate surface area is 283 Å². The van der Waals surface area contributed by atoms with E-state index in [-0.39, 0.29) is 11.6 Å². The minimum Gasteiger partial charge on any atom is -0.496 e. The second-order valence-corrected chi connectivity index (χ2v) is 26.6. The molecule has 0 N–H and O–H groups in total. The maximum absolute atomic E-state index is 13.9. The molecule has 0 saturated heterocycles. The second-order valence-electron chi connectivity index (χ2n) is 16.2. The first-order valence-electron chi connectivity index (χ1n) is 16.8. The van der Waals surface area contributed by atoms with Crippen LogP contribution in [-0.4, -0.2) is 40.2 Å². The van der Waals surface area contributed by atoms with E-state index in [0.29, 0.717) is 28.9 Å². The number of hydrogen-bond donors (Lipinski definition) is 0. The molecule has 0 aliphatic heterocycles. The quantitative estimate of drug-likeness (QED) is 0.187. The van der Waals surface area contributed by atoms with Crippen LogP contribution in [0.4, 0.5) is 10.5 Å². The maximum Gasteiger partial charge on any atom is 0.415 e. The van der Waals surface area contributed by atoms with Crippen LogP contribution in [-0.2, 0) is 22.3 Å². The number of carbonyl (C=O) groups excluding carboxylic acids is 1. The van der Waals surface area contributed by atoms with Crippen LogP contribution in [0.15, 0.2) is 24.4 Å². The summed E-state index contributed by atoms with van der Waals surface area (Å²) in [6, 6.07) is 6.20. The zero-order valence-corrected chi connectivity index (χ0v) is 34.0. The van der Waals surface area contributed by atoms with Gasteiger partial charge in [0.15, 0.2) is 8.32 Å². The summed E-state index contributed by atoms with van der Waals surface area (Å²) in [4.78, 5) is 20.3. The van der Waals surface area contributed by atoms with E-state index in [2.05, 4.69) is 92.9 Å². The standard InChI is InChI=1S/C38H62N2O4Si2/c1-26(2)46(27(3)4,28(5)6)19-18-31-20-32(25-43-45(16,17)38(12,13)14)22-33(21-31)40(36(41)44-37(9,10)11)24-34-30(8)35(42-15)29(7)23-39-34/h20-23,26-28H,24-25H2,1-17H3. The summed E-state index contributed by atoms with van der Waals surface area (Å²) in [6.45, 7) is 35.5. The summed E-state index contributed by atoms with van der Waals surface area (Å²) < 4.78 is 18.3. The summed E-state index contributed by atoms with van der Waals surface area (Å²) in [6.07, 6.45) is 1.35. The Morgan fingerprint density at radius 3 is 1.98 bits per heavy atom. The van der Waals surface area contributed by atoms with Gasteiger partial charge in [-0.3, -0.25) is 9.88 Å². The van der Waals surface area contributed by atoms with Crippen LogP contribution < -0.4 is 9.64 Å². The second kappa shape index (κ2) is 15.1. The van der Waals surface area contributed by atoms with Gasteiger partial charge in [-0.15, -0.1) is 5.54 Å². The maximum atomic E-state index is 13.9. The average molecular weight is 667 g/mol. The summed E-state index contributed by atoms with van der Waals surface area (Å²) in [7, 11) is -2.37. The number of aromatic nitrogens is 1. The topological polar surface area (TPSA) is 60.9 Å². The lowest BCUT2D eigenvalue weighted by Crippen LogP contribution is -2.43. The average Bonchev–Trinajstić information content (AvgIpc) is 2.90. The fourth-order valence-electron chi connectivity index (χ4n) is 6.04. The molecule has 1 amide bonds. The van der Waals surface area contributed by atoms with Gasteiger partial charge in [0.1, 0.15) is 19.4 Å². The van der Waals surface area contributed by atoms with Gasteiger partial charge in [0.25, 0.3) is 0 Å². The van der Waals surface area contributed by atoms with Gasteiger partial charge in [0.05, 0.1) is 26.0 Å². The number of methoxy groups -OCH3 is 1. The van der Waals surface area contributed by atoms with E-state index >= 15 is 0 Å². The van der Waals surface area contributed by atoms with Crippen LogP contribution in [0, 0.1) is 25.3 Å². The summed E-state index contributed by atoms with van der Waals surface area (Å²) in [5, 5.41) is 0.0699. The molecule has 0 bridgehead atoms. The Morgan fingerprint density at radius 2 is 1.50 bits per heavy atom. The van der Waals surface area contributed by atoms with Crippen LogP contribution >= 0.6 is 0 Å². The number of amides is 1. The third-order valence-electron chi connectivity index (χ3n) is 9.66. The molecular weight excluding hydrogens is 605 g/mol. The van der Waals surface area contributed by atoms with Gasteiger partial charge in [-0.2, -0.15) is 0 Å². The normalized spacial score (nSPS) is 12.8. The zero-order valence-electron chi connectivity index (χ0n) is 32.0. The number of benzene rings is 1. The molecule has 0 fully saturated rings. The molecule has 1 heterocycles. The predicted octanol–water partition coefficient (Wildman–Crippen LogP) is 10.7. The molecule has 2 aromatic rings. The van der Waals surface area contributed by atoms with Gasteiger partial charge in [-0.1, -0.05) is 68.2 Å². The Balaban J connectivity index is 2.84. The third kappa shape index (κ3) is 9.48. The molecule has 46 heavy (non-hydrogen) atoms. The van der Waals surface area contributed by atoms with E-state index in [1.165, 1.54) is 0 Å². The van der Waals surface area contributed by atoms with Gasteiger partial charge in [-0.25, -0.2) is 4.79 Å². The fraction of sp³-hybridized carbons (Fsp3) is 0.632. The largest absolute Gasteiger partial charge is 0.496 e. The fourth-order valence-corrected chi connectivity index (χ4v) is 12.2. The van der Waals surface area contributed by atoms with Crippen molar-refractivity contribution in [3.8, 4) is 17.2 Å². The van der Waals surface area contributed by atoms with Crippen molar-refractivity contribution in [3.63, 3.8) is 0 Å². The number of ether oxygens (including phenoxy) is 2. The number of anilines is 1. The van der Waals surface area contributed by atoms with Crippen LogP contribution in [0.2, 0.25) is 34.8 Å². The molecule has 0 unspecified atom stereocenters. The van der Waals surface area contributed by atoms with E-state index < -0.39 is 28.1 Å². The minimum absolute atomic E-state index is 0.0699. The lowest BCUT2D eigenvalue weighted by Gasteiger charge is -2.38. The van der Waals surface area contributed by atoms with Gasteiger partial charge in [0, 0.05) is 28.6 Å². The number of nitrogens with zero attached hydrogens (tertiary/aromatic N) is 2. The lowest BCUT2D eigenvalue weighted by atomic mass is 10.1. The molecule has 1 aromatic carbocycles. The van der Waals surface area contributed by atoms with Crippen molar-refractivity contribution in [3.05, 3.63) is 52.3 Å². The number of hydrogen-bond acceptors (Lipinski definition) is 5. The highest BCUT2D eigenvalue weighted by Gasteiger charge is 2.42. The zero-order chi connectivity index (χ0) is 35.4. The molecule has 256 valence electrons. The number of carbonyl (C=O) groups is 1. The van der Waals surface area contributed by atoms with Crippen molar-refractivity contribution in [2.75, 3.05) is 12.0 Å². The smallest absolute Gasteiger partial charge is 0.415 e. The molecular formula is C38H62N2O4Si2. The highest BCUT2D eigenvalue weighted by molar-refractivity contribution is 6.90. The predicted molar refractivity (Wildman–Crippen MR) is 199 cm³/mol. The molecule has 2 rings (SSSR count). The summed E-state index contributed by atoms with van der Waals surface area (Å²) in [5.74, 6) is 4.41. The molecule has 0 spiro atoms. The van der Waals surface area contributed by atoms with Crippen molar-refractivity contribution in [1.82, 2.24) is 4.98 Å². The van der Waals surface area contributed by atoms with Crippen LogP contribution in [0.3, 0.4) is 0 Å². The van der Waals surface area contributed by atoms with Crippen molar-refractivity contribution >= 4 is 28.2 Å². The van der Waals surface area contributed by atoms with Crippen LogP contribution in [0.25, 0.3) is 0 Å². The van der Waals surface area contributed by atoms with Gasteiger partial charge >= 0.3 is 6.09 Å². The van der Waals surface area contributed by atoms with Gasteiger partial charge < -0.3 is 13.9 Å². The Morgan fingerprint density at radius 1 is 0.935 bits per heavy atom. The van der Waals surface area contributed by atoms with E-state index in [9.17, 15) is 4.79 Å². The highest BCUT2D eigenvalue weighted by atomic mass is 28.4. The Hall–Kier alpha value is -2.61. The molecule has 0 atom stereocenters. The third-order valence-corrected chi connectivity index (χ3v) is 20.4. The van der Waals surface area contributed by atoms with E-state index in [1.54, 1.807) is 18.2 Å². The lowest BCUT2D eigenvalue weighted by molar-refractivity contribution is 0.0577. The first-order chi connectivity index (χ1) is 21.0. The molecule has 0 aliphatic rings. The SMILES string of the molecule is COc1c(C)cnc(CN(C(=O)OC(C)(C)C)c2cc(C#C[Si](C(C)C)(C(C)C)C(C)C)cc(CO[Si](C)(C)C(C)(C)C)c2)c1C. The van der Waals surface area contributed by atoms with Crippen molar-refractivity contribution in [2.45, 2.75) is 150 Å². The van der Waals surface area contributed by atoms with Crippen molar-refractivity contribution < 1.29 is 18.7 Å². The molecule has 0 saturated carbocycles. The Bertz CT molecular complexity index is 1400. The first-order valence-corrected chi connectivity index (χ1v) is 21.9. The summed E-state index contributed by atoms with van der Waals surface area (Å²) >= 11 is 0. The van der Waals surface area contributed by atoms with E-state index in [0.717, 1.165) is 33.7 Å². The van der Waals surface area contributed by atoms with E-state index in [4.69, 9.17) is 18.9 Å². The van der Waals surface area contributed by atoms with E-state index in [1.807, 2.05) is 46.8 Å². The van der Waals surface area contributed by atoms with Gasteiger partial charge in [0.2, 0.25) is 0 Å². The van der Waals surface area contributed by atoms with Crippen molar-refractivity contribution in [1.29, 1.82) is 0 Å². The number of pyridine rings is 1. The molecule has 8 heteroatoms. The molecule has 1 aromatic heterocycles. The Kier molecular flexibility index (Phi) is 13.0. The first kappa shape index (κ1) is 39.6. The monoisotopic (exact) mass is 666 g/mol. The molecule has 0 radical (unpaired) electrons. The van der Waals surface area contributed by atoms with Crippen molar-refractivity contribution in [2.24, 2.45) is 0 Å². The van der Waals surface area contributed by atoms with Crippen LogP contribution in [0.5, 0.6) is 5.75 Å². The molecule has 6 nitrogen and oxygen atoms in total. The summed E-state index contributed by atoms with van der Waals surface area (Å²) in [5.41, 5.74) is 9.89. The molecule has 0 aliphatic carbocycles. The number of aryl methyl sites for hydroxylation is 1. The minimum atomic E-state index is -2.04. The van der Waals surface area contributed by atoms with Crippen LogP contribution in [0.1, 0.15) is 111 Å². The highest BCUT2D eigenvalue weighted by Crippen LogP contribution is 2.41. The van der Waals surface area contributed by atoms with Gasteiger partial charge in [-0.05, 0) is 93.1 Å².